The van der Waals surface area contributed by atoms with E-state index in [-0.39, 0.29) is 22.8 Å². The molecule has 8 heteroatoms. The molecular weight excluding hydrogens is 362 g/mol. The van der Waals surface area contributed by atoms with Gasteiger partial charge in [-0.05, 0) is 42.8 Å². The maximum absolute atomic E-state index is 12.7. The molecule has 1 heterocycles. The Kier molecular flexibility index (Phi) is 5.30. The molecule has 0 aliphatic heterocycles. The molecule has 0 atom stereocenters. The lowest BCUT2D eigenvalue weighted by Crippen LogP contribution is -2.31. The Bertz CT molecular complexity index is 1130. The Morgan fingerprint density at radius 3 is 2.71 bits per heavy atom. The Labute approximate surface area is 160 Å². The van der Waals surface area contributed by atoms with Gasteiger partial charge in [0.1, 0.15) is 11.3 Å². The van der Waals surface area contributed by atoms with Gasteiger partial charge in [-0.25, -0.2) is 5.43 Å². The summed E-state index contributed by atoms with van der Waals surface area (Å²) in [6.45, 7) is 2.12. The van der Waals surface area contributed by atoms with Gasteiger partial charge in [-0.3, -0.25) is 9.59 Å². The van der Waals surface area contributed by atoms with Crippen molar-refractivity contribution in [2.24, 2.45) is 5.10 Å². The van der Waals surface area contributed by atoms with Gasteiger partial charge < -0.3 is 19.5 Å². The third-order valence-electron chi connectivity index (χ3n) is 4.27. The molecule has 0 radical (unpaired) electrons. The van der Waals surface area contributed by atoms with Crippen LogP contribution < -0.4 is 15.7 Å². The van der Waals surface area contributed by atoms with Crippen molar-refractivity contribution in [3.8, 4) is 17.2 Å². The number of aromatic nitrogens is 1. The summed E-state index contributed by atoms with van der Waals surface area (Å²) in [5, 5.41) is 24.3. The zero-order valence-corrected chi connectivity index (χ0v) is 15.3. The van der Waals surface area contributed by atoms with Gasteiger partial charge in [-0.2, -0.15) is 5.10 Å². The maximum Gasteiger partial charge on any atom is 0.280 e. The monoisotopic (exact) mass is 381 g/mol. The van der Waals surface area contributed by atoms with Crippen molar-refractivity contribution in [2.75, 3.05) is 7.11 Å². The van der Waals surface area contributed by atoms with Gasteiger partial charge in [0.25, 0.3) is 11.5 Å². The minimum Gasteiger partial charge on any atom is -0.506 e. The summed E-state index contributed by atoms with van der Waals surface area (Å²) in [7, 11) is 1.42. The molecule has 0 unspecified atom stereocenters. The Morgan fingerprint density at radius 2 is 2.00 bits per heavy atom. The molecule has 1 amide bonds. The van der Waals surface area contributed by atoms with E-state index >= 15 is 0 Å². The Morgan fingerprint density at radius 1 is 1.25 bits per heavy atom. The minimum atomic E-state index is -0.822. The van der Waals surface area contributed by atoms with Gasteiger partial charge in [0.2, 0.25) is 0 Å². The van der Waals surface area contributed by atoms with Crippen LogP contribution in [0.5, 0.6) is 17.2 Å². The number of aromatic hydroxyl groups is 2. The van der Waals surface area contributed by atoms with Gasteiger partial charge in [0, 0.05) is 11.9 Å². The van der Waals surface area contributed by atoms with Crippen molar-refractivity contribution in [2.45, 2.75) is 13.5 Å². The van der Waals surface area contributed by atoms with Crippen LogP contribution in [0.25, 0.3) is 10.9 Å². The summed E-state index contributed by atoms with van der Waals surface area (Å²) in [5.41, 5.74) is 2.38. The second kappa shape index (κ2) is 7.83. The number of nitrogens with one attached hydrogen (secondary N) is 1. The number of fused-ring (bicyclic) bond motifs is 1. The van der Waals surface area contributed by atoms with Crippen LogP contribution >= 0.6 is 0 Å². The van der Waals surface area contributed by atoms with Gasteiger partial charge in [0.15, 0.2) is 11.5 Å². The number of hydrazone groups is 1. The fourth-order valence-corrected chi connectivity index (χ4v) is 2.90. The molecule has 2 aromatic carbocycles. The van der Waals surface area contributed by atoms with Gasteiger partial charge in [-0.1, -0.05) is 12.1 Å². The number of para-hydroxylation sites is 1. The molecule has 1 aromatic heterocycles. The first-order chi connectivity index (χ1) is 13.5. The first-order valence-corrected chi connectivity index (χ1v) is 8.52. The van der Waals surface area contributed by atoms with E-state index in [0.717, 1.165) is 0 Å². The number of hydrogen-bond donors (Lipinski definition) is 3. The average Bonchev–Trinajstić information content (AvgIpc) is 2.69. The normalized spacial score (nSPS) is 11.1. The summed E-state index contributed by atoms with van der Waals surface area (Å²) in [6, 6.07) is 11.3. The molecule has 8 nitrogen and oxygen atoms in total. The SMILES string of the molecule is CCn1c(=O)c(C(=O)NN=Cc2ccc(O)c(OC)c2)c(O)c2ccccc21. The lowest BCUT2D eigenvalue weighted by molar-refractivity contribution is 0.0950. The van der Waals surface area contributed by atoms with Crippen LogP contribution in [0.3, 0.4) is 0 Å². The van der Waals surface area contributed by atoms with Crippen molar-refractivity contribution >= 4 is 23.0 Å². The van der Waals surface area contributed by atoms with Crippen molar-refractivity contribution in [1.82, 2.24) is 9.99 Å². The zero-order valence-electron chi connectivity index (χ0n) is 15.3. The molecule has 28 heavy (non-hydrogen) atoms. The molecule has 0 fully saturated rings. The predicted molar refractivity (Wildman–Crippen MR) is 105 cm³/mol. The van der Waals surface area contributed by atoms with E-state index < -0.39 is 11.5 Å². The smallest absolute Gasteiger partial charge is 0.280 e. The second-order valence-electron chi connectivity index (χ2n) is 5.92. The van der Waals surface area contributed by atoms with E-state index in [9.17, 15) is 19.8 Å². The van der Waals surface area contributed by atoms with Crippen molar-refractivity contribution in [3.05, 3.63) is 63.9 Å². The number of amides is 1. The third kappa shape index (κ3) is 3.39. The molecule has 144 valence electrons. The highest BCUT2D eigenvalue weighted by molar-refractivity contribution is 6.02. The van der Waals surface area contributed by atoms with Gasteiger partial charge >= 0.3 is 0 Å². The van der Waals surface area contributed by atoms with Crippen LogP contribution in [-0.2, 0) is 6.54 Å². The number of rotatable bonds is 5. The molecule has 0 aliphatic rings. The largest absolute Gasteiger partial charge is 0.506 e. The topological polar surface area (TPSA) is 113 Å². The van der Waals surface area contributed by atoms with Gasteiger partial charge in [0.05, 0.1) is 18.8 Å². The Hall–Kier alpha value is -3.81. The summed E-state index contributed by atoms with van der Waals surface area (Å²) in [4.78, 5) is 25.2. The molecule has 3 rings (SSSR count). The van der Waals surface area contributed by atoms with Crippen molar-refractivity contribution in [1.29, 1.82) is 0 Å². The fourth-order valence-electron chi connectivity index (χ4n) is 2.90. The molecule has 3 N–H and O–H groups in total. The molecule has 0 aliphatic carbocycles. The predicted octanol–water partition coefficient (Wildman–Crippen LogP) is 2.21. The number of hydrogen-bond acceptors (Lipinski definition) is 6. The van der Waals surface area contributed by atoms with Crippen LogP contribution in [0, 0.1) is 0 Å². The number of nitrogens with zero attached hydrogens (tertiary/aromatic N) is 2. The highest BCUT2D eigenvalue weighted by atomic mass is 16.5. The standard InChI is InChI=1S/C20H19N3O5/c1-3-23-14-7-5-4-6-13(14)18(25)17(20(23)27)19(26)22-21-11-12-8-9-15(24)16(10-12)28-2/h4-11,24-25H,3H2,1-2H3,(H,22,26). The second-order valence-corrected chi connectivity index (χ2v) is 5.92. The molecule has 0 saturated heterocycles. The van der Waals surface area contributed by atoms with E-state index in [0.29, 0.717) is 23.0 Å². The molecule has 0 saturated carbocycles. The van der Waals surface area contributed by atoms with Crippen molar-refractivity contribution in [3.63, 3.8) is 0 Å². The van der Waals surface area contributed by atoms with E-state index in [1.807, 2.05) is 0 Å². The average molecular weight is 381 g/mol. The number of carbonyl (C=O) groups excluding carboxylic acids is 1. The number of methoxy groups -OCH3 is 1. The number of aryl methyl sites for hydroxylation is 1. The Balaban J connectivity index is 1.93. The van der Waals surface area contributed by atoms with E-state index in [4.69, 9.17) is 4.74 Å². The first kappa shape index (κ1) is 19.0. The fraction of sp³-hybridized carbons (Fsp3) is 0.150. The lowest BCUT2D eigenvalue weighted by Gasteiger charge is -2.12. The van der Waals surface area contributed by atoms with Gasteiger partial charge in [-0.15, -0.1) is 0 Å². The highest BCUT2D eigenvalue weighted by Crippen LogP contribution is 2.27. The minimum absolute atomic E-state index is 0.0233. The number of phenolic OH excluding ortho intramolecular Hbond substituents is 1. The number of phenols is 1. The van der Waals surface area contributed by atoms with E-state index in [1.165, 1.54) is 30.0 Å². The summed E-state index contributed by atoms with van der Waals surface area (Å²) >= 11 is 0. The third-order valence-corrected chi connectivity index (χ3v) is 4.27. The quantitative estimate of drug-likeness (QED) is 0.463. The summed E-state index contributed by atoms with van der Waals surface area (Å²) < 4.78 is 6.42. The maximum atomic E-state index is 12.7. The van der Waals surface area contributed by atoms with Crippen molar-refractivity contribution < 1.29 is 19.7 Å². The van der Waals surface area contributed by atoms with Crippen LogP contribution in [0.15, 0.2) is 52.4 Å². The van der Waals surface area contributed by atoms with Crippen LogP contribution in [0.2, 0.25) is 0 Å². The summed E-state index contributed by atoms with van der Waals surface area (Å²) in [6.07, 6.45) is 1.33. The van der Waals surface area contributed by atoms with E-state index in [2.05, 4.69) is 10.5 Å². The lowest BCUT2D eigenvalue weighted by atomic mass is 10.1. The van der Waals surface area contributed by atoms with Crippen LogP contribution in [-0.4, -0.2) is 34.0 Å². The number of ether oxygens (including phenoxy) is 1. The number of carbonyl (C=O) groups is 1. The first-order valence-electron chi connectivity index (χ1n) is 8.52. The molecule has 0 bridgehead atoms. The zero-order chi connectivity index (χ0) is 20.3. The number of benzene rings is 2. The molecule has 0 spiro atoms. The molecule has 3 aromatic rings. The number of pyridine rings is 1. The molecular formula is C20H19N3O5. The van der Waals surface area contributed by atoms with Crippen LogP contribution in [0.4, 0.5) is 0 Å². The summed E-state index contributed by atoms with van der Waals surface area (Å²) in [5.74, 6) is -0.972. The highest BCUT2D eigenvalue weighted by Gasteiger charge is 2.21. The van der Waals surface area contributed by atoms with Crippen LogP contribution in [0.1, 0.15) is 22.8 Å². The van der Waals surface area contributed by atoms with E-state index in [1.54, 1.807) is 37.3 Å².